The van der Waals surface area contributed by atoms with Crippen LogP contribution in [0.15, 0.2) is 61.1 Å². The van der Waals surface area contributed by atoms with E-state index < -0.39 is 0 Å². The van der Waals surface area contributed by atoms with E-state index in [1.807, 2.05) is 36.4 Å². The first kappa shape index (κ1) is 12.8. The summed E-state index contributed by atoms with van der Waals surface area (Å²) in [6, 6.07) is 15.9. The van der Waals surface area contributed by atoms with Crippen LogP contribution in [0.25, 0.3) is 11.1 Å². The molecular weight excluding hydrogens is 272 g/mol. The van der Waals surface area contributed by atoms with E-state index >= 15 is 0 Å². The van der Waals surface area contributed by atoms with Crippen molar-refractivity contribution in [3.63, 3.8) is 0 Å². The van der Waals surface area contributed by atoms with Crippen LogP contribution in [-0.4, -0.2) is 9.97 Å². The fourth-order valence-corrected chi connectivity index (χ4v) is 2.18. The molecule has 0 spiro atoms. The Bertz CT molecular complexity index is 681. The van der Waals surface area contributed by atoms with Crippen LogP contribution in [0.2, 0.25) is 5.02 Å². The third kappa shape index (κ3) is 2.83. The van der Waals surface area contributed by atoms with Gasteiger partial charge in [-0.05, 0) is 23.3 Å². The number of benzene rings is 2. The summed E-state index contributed by atoms with van der Waals surface area (Å²) in [5, 5.41) is 0.603. The zero-order chi connectivity index (χ0) is 13.8. The molecule has 0 aliphatic carbocycles. The minimum Gasteiger partial charge on any atom is -0.486 e. The van der Waals surface area contributed by atoms with E-state index in [1.165, 1.54) is 0 Å². The number of aromatic amines is 1. The number of halogens is 1. The topological polar surface area (TPSA) is 37.9 Å². The molecule has 0 fully saturated rings. The van der Waals surface area contributed by atoms with Crippen LogP contribution in [0.3, 0.4) is 0 Å². The summed E-state index contributed by atoms with van der Waals surface area (Å²) in [5.74, 6) is 0.668. The molecule has 0 aliphatic heterocycles. The van der Waals surface area contributed by atoms with Gasteiger partial charge in [-0.3, -0.25) is 0 Å². The maximum absolute atomic E-state index is 6.27. The normalized spacial score (nSPS) is 10.4. The summed E-state index contributed by atoms with van der Waals surface area (Å²) in [5.41, 5.74) is 3.12. The van der Waals surface area contributed by atoms with Gasteiger partial charge in [0, 0.05) is 0 Å². The molecule has 0 bridgehead atoms. The number of imidazole rings is 1. The molecule has 1 heterocycles. The molecule has 1 aromatic heterocycles. The van der Waals surface area contributed by atoms with Gasteiger partial charge in [-0.2, -0.15) is 0 Å². The second kappa shape index (κ2) is 5.80. The van der Waals surface area contributed by atoms with E-state index in [4.69, 9.17) is 16.3 Å². The molecular formula is C16H13ClN2O. The van der Waals surface area contributed by atoms with Crippen LogP contribution < -0.4 is 4.74 Å². The largest absolute Gasteiger partial charge is 0.486 e. The average molecular weight is 285 g/mol. The van der Waals surface area contributed by atoms with Gasteiger partial charge < -0.3 is 9.72 Å². The molecule has 3 rings (SSSR count). The van der Waals surface area contributed by atoms with Crippen molar-refractivity contribution in [2.45, 2.75) is 6.61 Å². The zero-order valence-electron chi connectivity index (χ0n) is 10.7. The van der Waals surface area contributed by atoms with Crippen LogP contribution in [-0.2, 0) is 6.61 Å². The number of nitrogens with zero attached hydrogens (tertiary/aromatic N) is 1. The molecule has 0 radical (unpaired) electrons. The number of hydrogen-bond donors (Lipinski definition) is 1. The highest BCUT2D eigenvalue weighted by atomic mass is 35.5. The molecule has 0 atom stereocenters. The molecule has 4 heteroatoms. The van der Waals surface area contributed by atoms with Gasteiger partial charge in [0.1, 0.15) is 12.4 Å². The molecule has 0 aliphatic rings. The summed E-state index contributed by atoms with van der Waals surface area (Å²) in [4.78, 5) is 6.93. The predicted octanol–water partition coefficient (Wildman–Crippen LogP) is 4.31. The van der Waals surface area contributed by atoms with Crippen LogP contribution >= 0.6 is 11.6 Å². The van der Waals surface area contributed by atoms with E-state index in [9.17, 15) is 0 Å². The van der Waals surface area contributed by atoms with E-state index in [2.05, 4.69) is 22.1 Å². The van der Waals surface area contributed by atoms with Gasteiger partial charge in [0.2, 0.25) is 0 Å². The van der Waals surface area contributed by atoms with Crippen molar-refractivity contribution >= 4 is 11.6 Å². The first-order chi connectivity index (χ1) is 9.83. The zero-order valence-corrected chi connectivity index (χ0v) is 11.5. The van der Waals surface area contributed by atoms with Crippen molar-refractivity contribution in [2.75, 3.05) is 0 Å². The van der Waals surface area contributed by atoms with Crippen molar-refractivity contribution < 1.29 is 4.74 Å². The van der Waals surface area contributed by atoms with Gasteiger partial charge in [0.05, 0.1) is 23.2 Å². The summed E-state index contributed by atoms with van der Waals surface area (Å²) >= 11 is 6.27. The van der Waals surface area contributed by atoms with E-state index in [1.54, 1.807) is 12.5 Å². The summed E-state index contributed by atoms with van der Waals surface area (Å²) in [7, 11) is 0. The minimum atomic E-state index is 0.421. The third-order valence-electron chi connectivity index (χ3n) is 2.98. The number of ether oxygens (including phenoxy) is 1. The van der Waals surface area contributed by atoms with Crippen molar-refractivity contribution in [2.24, 2.45) is 0 Å². The molecule has 3 aromatic rings. The van der Waals surface area contributed by atoms with Gasteiger partial charge in [-0.1, -0.05) is 48.0 Å². The maximum Gasteiger partial charge on any atom is 0.138 e. The average Bonchev–Trinajstić information content (AvgIpc) is 3.00. The summed E-state index contributed by atoms with van der Waals surface area (Å²) in [6.07, 6.45) is 3.35. The highest BCUT2D eigenvalue weighted by molar-refractivity contribution is 6.32. The second-order valence-corrected chi connectivity index (χ2v) is 4.78. The van der Waals surface area contributed by atoms with E-state index in [0.717, 1.165) is 16.8 Å². The lowest BCUT2D eigenvalue weighted by molar-refractivity contribution is 0.302. The first-order valence-corrected chi connectivity index (χ1v) is 6.66. The lowest BCUT2D eigenvalue weighted by atomic mass is 10.1. The molecule has 0 saturated carbocycles. The number of aromatic nitrogens is 2. The number of rotatable bonds is 4. The van der Waals surface area contributed by atoms with E-state index in [-0.39, 0.29) is 0 Å². The Morgan fingerprint density at radius 1 is 1.05 bits per heavy atom. The van der Waals surface area contributed by atoms with Crippen molar-refractivity contribution in [1.82, 2.24) is 9.97 Å². The molecule has 0 saturated heterocycles. The van der Waals surface area contributed by atoms with E-state index in [0.29, 0.717) is 17.4 Å². The fraction of sp³-hybridized carbons (Fsp3) is 0.0625. The van der Waals surface area contributed by atoms with Gasteiger partial charge in [-0.25, -0.2) is 4.98 Å². The Balaban J connectivity index is 1.77. The van der Waals surface area contributed by atoms with Gasteiger partial charge in [-0.15, -0.1) is 0 Å². The lowest BCUT2D eigenvalue weighted by Gasteiger charge is -2.09. The Labute approximate surface area is 122 Å². The molecule has 2 aromatic carbocycles. The Morgan fingerprint density at radius 3 is 2.60 bits per heavy atom. The predicted molar refractivity (Wildman–Crippen MR) is 79.8 cm³/mol. The van der Waals surface area contributed by atoms with Crippen LogP contribution in [0.1, 0.15) is 5.69 Å². The van der Waals surface area contributed by atoms with Gasteiger partial charge in [0.25, 0.3) is 0 Å². The third-order valence-corrected chi connectivity index (χ3v) is 3.27. The molecule has 20 heavy (non-hydrogen) atoms. The van der Waals surface area contributed by atoms with Crippen molar-refractivity contribution in [3.8, 4) is 16.9 Å². The summed E-state index contributed by atoms with van der Waals surface area (Å²) in [6.45, 7) is 0.421. The van der Waals surface area contributed by atoms with Gasteiger partial charge in [0.15, 0.2) is 0 Å². The Hall–Kier alpha value is -2.26. The molecule has 1 N–H and O–H groups in total. The molecule has 100 valence electrons. The molecule has 0 unspecified atom stereocenters. The van der Waals surface area contributed by atoms with Crippen LogP contribution in [0.5, 0.6) is 5.75 Å². The smallest absolute Gasteiger partial charge is 0.138 e. The van der Waals surface area contributed by atoms with Crippen molar-refractivity contribution in [3.05, 3.63) is 71.8 Å². The van der Waals surface area contributed by atoms with Crippen molar-refractivity contribution in [1.29, 1.82) is 0 Å². The fourth-order valence-electron chi connectivity index (χ4n) is 1.95. The van der Waals surface area contributed by atoms with Gasteiger partial charge >= 0.3 is 0 Å². The maximum atomic E-state index is 6.27. The Morgan fingerprint density at radius 2 is 1.90 bits per heavy atom. The first-order valence-electron chi connectivity index (χ1n) is 6.28. The van der Waals surface area contributed by atoms with Crippen LogP contribution in [0, 0.1) is 0 Å². The number of H-pyrrole nitrogens is 1. The highest BCUT2D eigenvalue weighted by Gasteiger charge is 2.05. The SMILES string of the molecule is Clc1cc(-c2ccccc2)ccc1OCc1cnc[nH]1. The number of nitrogens with one attached hydrogen (secondary N) is 1. The monoisotopic (exact) mass is 284 g/mol. The minimum absolute atomic E-state index is 0.421. The van der Waals surface area contributed by atoms with Crippen LogP contribution in [0.4, 0.5) is 0 Å². The Kier molecular flexibility index (Phi) is 3.70. The standard InChI is InChI=1S/C16H13ClN2O/c17-15-8-13(12-4-2-1-3-5-12)6-7-16(15)20-10-14-9-18-11-19-14/h1-9,11H,10H2,(H,18,19). The second-order valence-electron chi connectivity index (χ2n) is 4.38. The summed E-state index contributed by atoms with van der Waals surface area (Å²) < 4.78 is 5.67. The lowest BCUT2D eigenvalue weighted by Crippen LogP contribution is -1.96. The highest BCUT2D eigenvalue weighted by Crippen LogP contribution is 2.30. The quantitative estimate of drug-likeness (QED) is 0.775. The molecule has 3 nitrogen and oxygen atoms in total. The molecule has 0 amide bonds. The number of hydrogen-bond acceptors (Lipinski definition) is 2.